The summed E-state index contributed by atoms with van der Waals surface area (Å²) in [6, 6.07) is 10.1. The van der Waals surface area contributed by atoms with Crippen molar-refractivity contribution in [3.8, 4) is 23.0 Å². The van der Waals surface area contributed by atoms with Gasteiger partial charge in [-0.05, 0) is 49.6 Å². The van der Waals surface area contributed by atoms with Gasteiger partial charge in [0, 0.05) is 19.3 Å². The molecule has 184 valence electrons. The van der Waals surface area contributed by atoms with Crippen LogP contribution in [0.3, 0.4) is 0 Å². The topological polar surface area (TPSA) is 97.4 Å². The third-order valence-electron chi connectivity index (χ3n) is 5.07. The largest absolute Gasteiger partial charge is 0.493 e. The SMILES string of the molecule is CCOC(=O)CCCCCC(=O)Oc1ccccc1C(=O)Cc1cc(OC)c(OC)c(OC)c1. The number of carbonyl (C=O) groups excluding carboxylic acids is 3. The lowest BCUT2D eigenvalue weighted by atomic mass is 10.0. The predicted octanol–water partition coefficient (Wildman–Crippen LogP) is 4.56. The van der Waals surface area contributed by atoms with Gasteiger partial charge in [0.2, 0.25) is 5.75 Å². The summed E-state index contributed by atoms with van der Waals surface area (Å²) in [6.45, 7) is 2.13. The van der Waals surface area contributed by atoms with E-state index in [0.717, 1.165) is 0 Å². The number of esters is 2. The highest BCUT2D eigenvalue weighted by molar-refractivity contribution is 6.00. The number of benzene rings is 2. The lowest BCUT2D eigenvalue weighted by molar-refractivity contribution is -0.143. The normalized spacial score (nSPS) is 10.4. The molecule has 0 unspecified atom stereocenters. The Morgan fingerprint density at radius 1 is 0.765 bits per heavy atom. The van der Waals surface area contributed by atoms with E-state index in [4.69, 9.17) is 23.7 Å². The summed E-state index contributed by atoms with van der Waals surface area (Å²) in [7, 11) is 4.53. The van der Waals surface area contributed by atoms with Crippen LogP contribution in [-0.4, -0.2) is 45.7 Å². The Hall–Kier alpha value is -3.55. The molecule has 0 radical (unpaired) electrons. The van der Waals surface area contributed by atoms with Crippen molar-refractivity contribution in [2.24, 2.45) is 0 Å². The first-order valence-corrected chi connectivity index (χ1v) is 11.2. The van der Waals surface area contributed by atoms with Gasteiger partial charge in [-0.2, -0.15) is 0 Å². The average molecular weight is 473 g/mol. The molecule has 0 atom stereocenters. The summed E-state index contributed by atoms with van der Waals surface area (Å²) in [5.74, 6) is 0.690. The third-order valence-corrected chi connectivity index (χ3v) is 5.07. The number of para-hydroxylation sites is 1. The second kappa shape index (κ2) is 13.9. The van der Waals surface area contributed by atoms with Crippen LogP contribution in [0.25, 0.3) is 0 Å². The smallest absolute Gasteiger partial charge is 0.311 e. The van der Waals surface area contributed by atoms with Crippen LogP contribution in [-0.2, 0) is 20.7 Å². The van der Waals surface area contributed by atoms with Crippen LogP contribution >= 0.6 is 0 Å². The van der Waals surface area contributed by atoms with Gasteiger partial charge in [-0.3, -0.25) is 14.4 Å². The molecule has 8 nitrogen and oxygen atoms in total. The fourth-order valence-corrected chi connectivity index (χ4v) is 3.43. The minimum atomic E-state index is -0.427. The molecule has 0 aromatic heterocycles. The summed E-state index contributed by atoms with van der Waals surface area (Å²) in [5, 5.41) is 0. The zero-order chi connectivity index (χ0) is 24.9. The quantitative estimate of drug-likeness (QED) is 0.171. The van der Waals surface area contributed by atoms with Gasteiger partial charge in [-0.1, -0.05) is 18.6 Å². The molecular weight excluding hydrogens is 440 g/mol. The minimum Gasteiger partial charge on any atom is -0.493 e. The minimum absolute atomic E-state index is 0.0547. The number of hydrogen-bond donors (Lipinski definition) is 0. The molecule has 0 spiro atoms. The molecule has 2 aromatic carbocycles. The van der Waals surface area contributed by atoms with Gasteiger partial charge < -0.3 is 23.7 Å². The second-order valence-corrected chi connectivity index (χ2v) is 7.47. The first-order chi connectivity index (χ1) is 16.4. The maximum atomic E-state index is 13.0. The fraction of sp³-hybridized carbons (Fsp3) is 0.423. The van der Waals surface area contributed by atoms with Crippen molar-refractivity contribution in [3.63, 3.8) is 0 Å². The molecule has 0 aliphatic carbocycles. The lowest BCUT2D eigenvalue weighted by Gasteiger charge is -2.14. The Bertz CT molecular complexity index is 958. The maximum Gasteiger partial charge on any atom is 0.311 e. The van der Waals surface area contributed by atoms with E-state index in [1.54, 1.807) is 43.3 Å². The van der Waals surface area contributed by atoms with Gasteiger partial charge in [-0.15, -0.1) is 0 Å². The maximum absolute atomic E-state index is 13.0. The van der Waals surface area contributed by atoms with E-state index < -0.39 is 5.97 Å². The molecule has 0 fully saturated rings. The zero-order valence-corrected chi connectivity index (χ0v) is 20.2. The Kier molecular flexibility index (Phi) is 10.9. The highest BCUT2D eigenvalue weighted by atomic mass is 16.5. The molecule has 2 aromatic rings. The van der Waals surface area contributed by atoms with Crippen LogP contribution in [0, 0.1) is 0 Å². The van der Waals surface area contributed by atoms with E-state index in [2.05, 4.69) is 0 Å². The average Bonchev–Trinajstić information content (AvgIpc) is 2.83. The Morgan fingerprint density at radius 2 is 1.38 bits per heavy atom. The Labute approximate surface area is 200 Å². The first kappa shape index (κ1) is 26.7. The zero-order valence-electron chi connectivity index (χ0n) is 20.2. The number of unbranched alkanes of at least 4 members (excludes halogenated alkanes) is 2. The van der Waals surface area contributed by atoms with Crippen molar-refractivity contribution >= 4 is 17.7 Å². The molecule has 0 aliphatic heterocycles. The highest BCUT2D eigenvalue weighted by Crippen LogP contribution is 2.38. The number of carbonyl (C=O) groups is 3. The predicted molar refractivity (Wildman–Crippen MR) is 126 cm³/mol. The van der Waals surface area contributed by atoms with Crippen molar-refractivity contribution < 1.29 is 38.1 Å². The van der Waals surface area contributed by atoms with E-state index in [0.29, 0.717) is 60.7 Å². The number of methoxy groups -OCH3 is 3. The molecule has 8 heteroatoms. The molecule has 0 bridgehead atoms. The number of rotatable bonds is 14. The highest BCUT2D eigenvalue weighted by Gasteiger charge is 2.19. The molecule has 0 saturated carbocycles. The summed E-state index contributed by atoms with van der Waals surface area (Å²) in [5.41, 5.74) is 0.981. The fourth-order valence-electron chi connectivity index (χ4n) is 3.43. The van der Waals surface area contributed by atoms with Gasteiger partial charge >= 0.3 is 11.9 Å². The van der Waals surface area contributed by atoms with Gasteiger partial charge in [0.25, 0.3) is 0 Å². The Balaban J connectivity index is 2.00. The van der Waals surface area contributed by atoms with Gasteiger partial charge in [-0.25, -0.2) is 0 Å². The van der Waals surface area contributed by atoms with E-state index in [9.17, 15) is 14.4 Å². The van der Waals surface area contributed by atoms with E-state index >= 15 is 0 Å². The molecule has 0 saturated heterocycles. The van der Waals surface area contributed by atoms with Crippen LogP contribution in [0.15, 0.2) is 36.4 Å². The number of Topliss-reactive ketones (excluding diaryl/α,β-unsaturated/α-hetero) is 1. The van der Waals surface area contributed by atoms with Gasteiger partial charge in [0.05, 0.1) is 33.5 Å². The molecule has 34 heavy (non-hydrogen) atoms. The van der Waals surface area contributed by atoms with E-state index in [1.807, 2.05) is 0 Å². The van der Waals surface area contributed by atoms with Crippen LogP contribution in [0.2, 0.25) is 0 Å². The van der Waals surface area contributed by atoms with Crippen LogP contribution in [0.1, 0.15) is 54.9 Å². The number of ether oxygens (including phenoxy) is 5. The number of ketones is 1. The first-order valence-electron chi connectivity index (χ1n) is 11.2. The van der Waals surface area contributed by atoms with Crippen LogP contribution in [0.5, 0.6) is 23.0 Å². The number of hydrogen-bond acceptors (Lipinski definition) is 8. The lowest BCUT2D eigenvalue weighted by Crippen LogP contribution is -2.12. The summed E-state index contributed by atoms with van der Waals surface area (Å²) >= 11 is 0. The molecular formula is C26H32O8. The monoisotopic (exact) mass is 472 g/mol. The van der Waals surface area contributed by atoms with E-state index in [-0.39, 0.29) is 30.3 Å². The standard InChI is InChI=1S/C26H32O8/c1-5-33-24(28)13-7-6-8-14-25(29)34-21-12-10-9-11-19(21)20(27)15-18-16-22(30-2)26(32-4)23(17-18)31-3/h9-12,16-17H,5-8,13-15H2,1-4H3. The van der Waals surface area contributed by atoms with Crippen molar-refractivity contribution in [2.75, 3.05) is 27.9 Å². The van der Waals surface area contributed by atoms with Crippen molar-refractivity contribution in [2.45, 2.75) is 45.4 Å². The molecule has 0 aliphatic rings. The molecule has 0 N–H and O–H groups in total. The van der Waals surface area contributed by atoms with Crippen molar-refractivity contribution in [3.05, 3.63) is 47.5 Å². The molecule has 0 heterocycles. The van der Waals surface area contributed by atoms with E-state index in [1.165, 1.54) is 21.3 Å². The summed E-state index contributed by atoms with van der Waals surface area (Å²) < 4.78 is 26.4. The van der Waals surface area contributed by atoms with Gasteiger partial charge in [0.1, 0.15) is 5.75 Å². The summed E-state index contributed by atoms with van der Waals surface area (Å²) in [4.78, 5) is 36.7. The summed E-state index contributed by atoms with van der Waals surface area (Å²) in [6.07, 6.45) is 2.52. The van der Waals surface area contributed by atoms with Crippen LogP contribution < -0.4 is 18.9 Å². The third kappa shape index (κ3) is 7.79. The second-order valence-electron chi connectivity index (χ2n) is 7.47. The van der Waals surface area contributed by atoms with Crippen molar-refractivity contribution in [1.82, 2.24) is 0 Å². The van der Waals surface area contributed by atoms with Crippen LogP contribution in [0.4, 0.5) is 0 Å². The van der Waals surface area contributed by atoms with Gasteiger partial charge in [0.15, 0.2) is 17.3 Å². The molecule has 2 rings (SSSR count). The van der Waals surface area contributed by atoms with Crippen molar-refractivity contribution in [1.29, 1.82) is 0 Å². The Morgan fingerprint density at radius 3 is 1.97 bits per heavy atom. The molecule has 0 amide bonds.